The summed E-state index contributed by atoms with van der Waals surface area (Å²) in [5, 5.41) is 0. The number of ether oxygens (including phenoxy) is 3. The summed E-state index contributed by atoms with van der Waals surface area (Å²) in [7, 11) is 0. The average Bonchev–Trinajstić information content (AvgIpc) is 3.49. The normalized spacial score (nSPS) is 13.1. The summed E-state index contributed by atoms with van der Waals surface area (Å²) in [5.41, 5.74) is 0. The zero-order valence-corrected chi connectivity index (χ0v) is 53.7. The molecule has 0 spiro atoms. The lowest BCUT2D eigenvalue weighted by atomic mass is 10.1. The van der Waals surface area contributed by atoms with Gasteiger partial charge in [0.15, 0.2) is 6.10 Å². The van der Waals surface area contributed by atoms with Crippen molar-refractivity contribution in [3.05, 3.63) is 158 Å². The van der Waals surface area contributed by atoms with Crippen LogP contribution < -0.4 is 0 Å². The molecule has 0 saturated carbocycles. The highest BCUT2D eigenvalue weighted by Crippen LogP contribution is 2.15. The summed E-state index contributed by atoms with van der Waals surface area (Å²) < 4.78 is 16.9. The summed E-state index contributed by atoms with van der Waals surface area (Å²) >= 11 is 0. The van der Waals surface area contributed by atoms with E-state index in [1.807, 2.05) is 0 Å². The first-order valence-electron chi connectivity index (χ1n) is 34.0. The summed E-state index contributed by atoms with van der Waals surface area (Å²) in [6.07, 6.45) is 101. The first kappa shape index (κ1) is 78.0. The van der Waals surface area contributed by atoms with E-state index in [1.165, 1.54) is 103 Å². The maximum absolute atomic E-state index is 12.9. The van der Waals surface area contributed by atoms with Crippen molar-refractivity contribution in [1.82, 2.24) is 0 Å². The fourth-order valence-corrected chi connectivity index (χ4v) is 8.97. The highest BCUT2D eigenvalue weighted by molar-refractivity contribution is 5.71. The van der Waals surface area contributed by atoms with Gasteiger partial charge < -0.3 is 14.2 Å². The van der Waals surface area contributed by atoms with Crippen molar-refractivity contribution < 1.29 is 28.6 Å². The fourth-order valence-electron chi connectivity index (χ4n) is 8.97. The first-order chi connectivity index (χ1) is 41.0. The molecule has 0 N–H and O–H groups in total. The molecule has 0 aliphatic heterocycles. The van der Waals surface area contributed by atoms with Gasteiger partial charge in [-0.3, -0.25) is 14.4 Å². The van der Waals surface area contributed by atoms with E-state index in [1.54, 1.807) is 0 Å². The van der Waals surface area contributed by atoms with E-state index < -0.39 is 6.10 Å². The zero-order valence-electron chi connectivity index (χ0n) is 53.7. The molecule has 0 bridgehead atoms. The van der Waals surface area contributed by atoms with Crippen LogP contribution in [0.3, 0.4) is 0 Å². The molecule has 0 radical (unpaired) electrons. The number of allylic oxidation sites excluding steroid dienone is 26. The van der Waals surface area contributed by atoms with E-state index in [0.717, 1.165) is 148 Å². The van der Waals surface area contributed by atoms with E-state index in [9.17, 15) is 14.4 Å². The summed E-state index contributed by atoms with van der Waals surface area (Å²) in [6, 6.07) is 0. The number of rotatable bonds is 60. The maximum Gasteiger partial charge on any atom is 0.306 e. The molecule has 0 rings (SSSR count). The van der Waals surface area contributed by atoms with Crippen LogP contribution in [0.5, 0.6) is 0 Å². The Kier molecular flexibility index (Phi) is 65.4. The van der Waals surface area contributed by atoms with Gasteiger partial charge in [0.25, 0.3) is 0 Å². The number of unbranched alkanes of at least 4 members (excludes halogenated alkanes) is 23. The van der Waals surface area contributed by atoms with Gasteiger partial charge in [0, 0.05) is 19.3 Å². The van der Waals surface area contributed by atoms with Crippen LogP contribution in [0, 0.1) is 0 Å². The SMILES string of the molecule is CC/C=C\C/C=C\C/C=C\C/C=C\C/C=C\C/C=C\C/C=C\C/C=C\CCCCCCCCC(=O)OCC(COC(=O)CCCC/C=C\C/C=C\C/C=C\C/C=C\CC)OC(=O)CCCCCCCCCCC/C=C\CCCCCCCC. The third kappa shape index (κ3) is 67.7. The highest BCUT2D eigenvalue weighted by Gasteiger charge is 2.19. The molecule has 1 atom stereocenters. The van der Waals surface area contributed by atoms with E-state index in [-0.39, 0.29) is 31.1 Å². The number of hydrogen-bond acceptors (Lipinski definition) is 6. The first-order valence-corrected chi connectivity index (χ1v) is 34.0. The topological polar surface area (TPSA) is 78.9 Å². The van der Waals surface area contributed by atoms with Crippen LogP contribution in [-0.4, -0.2) is 37.2 Å². The fraction of sp³-hybridized carbons (Fsp3) is 0.623. The Hall–Kier alpha value is -4.97. The Balaban J connectivity index is 4.41. The van der Waals surface area contributed by atoms with Crippen LogP contribution in [0.4, 0.5) is 0 Å². The second-order valence-electron chi connectivity index (χ2n) is 22.0. The molecule has 0 aliphatic carbocycles. The lowest BCUT2D eigenvalue weighted by molar-refractivity contribution is -0.167. The zero-order chi connectivity index (χ0) is 59.9. The van der Waals surface area contributed by atoms with Gasteiger partial charge in [-0.1, -0.05) is 281 Å². The number of carbonyl (C=O) groups excluding carboxylic acids is 3. The van der Waals surface area contributed by atoms with E-state index in [2.05, 4.69) is 179 Å². The lowest BCUT2D eigenvalue weighted by Crippen LogP contribution is -2.30. The minimum Gasteiger partial charge on any atom is -0.462 e. The molecule has 0 amide bonds. The minimum atomic E-state index is -0.811. The van der Waals surface area contributed by atoms with Gasteiger partial charge >= 0.3 is 17.9 Å². The smallest absolute Gasteiger partial charge is 0.306 e. The van der Waals surface area contributed by atoms with Crippen LogP contribution >= 0.6 is 0 Å². The average molecular weight is 1150 g/mol. The van der Waals surface area contributed by atoms with Gasteiger partial charge in [0.05, 0.1) is 0 Å². The summed E-state index contributed by atoms with van der Waals surface area (Å²) in [4.78, 5) is 38.4. The summed E-state index contributed by atoms with van der Waals surface area (Å²) in [6.45, 7) is 6.37. The molecule has 0 saturated heterocycles. The van der Waals surface area contributed by atoms with Crippen LogP contribution in [0.2, 0.25) is 0 Å². The van der Waals surface area contributed by atoms with Crippen LogP contribution in [0.1, 0.15) is 290 Å². The van der Waals surface area contributed by atoms with Gasteiger partial charge in [-0.25, -0.2) is 0 Å². The lowest BCUT2D eigenvalue weighted by Gasteiger charge is -2.18. The van der Waals surface area contributed by atoms with E-state index >= 15 is 0 Å². The van der Waals surface area contributed by atoms with Crippen molar-refractivity contribution in [2.45, 2.75) is 297 Å². The predicted octanol–water partition coefficient (Wildman–Crippen LogP) is 23.7. The molecule has 0 heterocycles. The Morgan fingerprint density at radius 1 is 0.253 bits per heavy atom. The van der Waals surface area contributed by atoms with Crippen molar-refractivity contribution in [3.8, 4) is 0 Å². The maximum atomic E-state index is 12.9. The molecule has 83 heavy (non-hydrogen) atoms. The molecule has 468 valence electrons. The molecule has 0 aromatic carbocycles. The third-order valence-electron chi connectivity index (χ3n) is 14.0. The molecule has 0 fully saturated rings. The van der Waals surface area contributed by atoms with Crippen molar-refractivity contribution in [1.29, 1.82) is 0 Å². The van der Waals surface area contributed by atoms with Gasteiger partial charge in [-0.15, -0.1) is 0 Å². The van der Waals surface area contributed by atoms with Crippen LogP contribution in [0.15, 0.2) is 158 Å². The van der Waals surface area contributed by atoms with Gasteiger partial charge in [-0.05, 0) is 148 Å². The summed E-state index contributed by atoms with van der Waals surface area (Å²) in [5.74, 6) is -0.962. The van der Waals surface area contributed by atoms with Gasteiger partial charge in [-0.2, -0.15) is 0 Å². The van der Waals surface area contributed by atoms with Crippen molar-refractivity contribution >= 4 is 17.9 Å². The second kappa shape index (κ2) is 69.5. The van der Waals surface area contributed by atoms with E-state index in [0.29, 0.717) is 19.3 Å². The molecule has 0 aliphatic rings. The number of esters is 3. The number of carbonyl (C=O) groups is 3. The second-order valence-corrected chi connectivity index (χ2v) is 22.0. The molecule has 0 aromatic heterocycles. The standard InChI is InChI=1S/C77H124O6/c1-4-7-10-13-16-19-22-25-28-30-32-33-34-35-36-37-38-39-40-41-42-43-45-46-49-52-55-58-61-64-67-70-76(79)82-73-74(72-81-75(78)69-66-63-60-57-54-51-48-27-24-21-18-15-12-9-6-3)83-77(80)71-68-65-62-59-56-53-50-47-44-31-29-26-23-20-17-14-11-8-5-2/h7,9-10,12,16,18-19,21,25-29,32-33,35-36,38-39,41-42,45-46,48,54,57,74H,4-6,8,11,13-15,17,20,22-24,30-31,34,37,40,43-44,47,49-53,55-56,58-73H2,1-3H3/b10-7-,12-9-,19-16-,21-18-,28-25-,29-26-,33-32-,36-35-,39-38-,42-41-,46-45-,48-27-,57-54-. The quantitative estimate of drug-likeness (QED) is 0.0261. The Labute approximate surface area is 511 Å². The highest BCUT2D eigenvalue weighted by atomic mass is 16.6. The Morgan fingerprint density at radius 3 is 0.771 bits per heavy atom. The Bertz CT molecular complexity index is 1840. The minimum absolute atomic E-state index is 0.105. The monoisotopic (exact) mass is 1140 g/mol. The molecule has 6 heteroatoms. The van der Waals surface area contributed by atoms with Crippen LogP contribution in [-0.2, 0) is 28.6 Å². The molecule has 1 unspecified atom stereocenters. The molecule has 6 nitrogen and oxygen atoms in total. The van der Waals surface area contributed by atoms with Crippen molar-refractivity contribution in [3.63, 3.8) is 0 Å². The van der Waals surface area contributed by atoms with Crippen molar-refractivity contribution in [2.75, 3.05) is 13.2 Å². The van der Waals surface area contributed by atoms with Gasteiger partial charge in [0.1, 0.15) is 13.2 Å². The Morgan fingerprint density at radius 2 is 0.470 bits per heavy atom. The van der Waals surface area contributed by atoms with Crippen molar-refractivity contribution in [2.24, 2.45) is 0 Å². The molecular weight excluding hydrogens is 1020 g/mol. The number of hydrogen-bond donors (Lipinski definition) is 0. The molecule has 0 aromatic rings. The van der Waals surface area contributed by atoms with Crippen LogP contribution in [0.25, 0.3) is 0 Å². The third-order valence-corrected chi connectivity index (χ3v) is 14.0. The van der Waals surface area contributed by atoms with Gasteiger partial charge in [0.2, 0.25) is 0 Å². The molecular formula is C77H124O6. The predicted molar refractivity (Wildman–Crippen MR) is 362 cm³/mol. The largest absolute Gasteiger partial charge is 0.462 e. The van der Waals surface area contributed by atoms with E-state index in [4.69, 9.17) is 14.2 Å².